The molecule has 0 unspecified atom stereocenters. The summed E-state index contributed by atoms with van der Waals surface area (Å²) >= 11 is 0. The minimum absolute atomic E-state index is 0.205. The highest BCUT2D eigenvalue weighted by Crippen LogP contribution is 2.22. The molecule has 0 aliphatic rings. The van der Waals surface area contributed by atoms with Crippen LogP contribution in [0, 0.1) is 0 Å². The second kappa shape index (κ2) is 7.86. The zero-order valence-corrected chi connectivity index (χ0v) is 13.1. The van der Waals surface area contributed by atoms with Crippen LogP contribution in [-0.4, -0.2) is 6.61 Å². The predicted octanol–water partition coefficient (Wildman–Crippen LogP) is 5.19. The van der Waals surface area contributed by atoms with Gasteiger partial charge in [-0.25, -0.2) is 0 Å². The molecule has 0 saturated carbocycles. The van der Waals surface area contributed by atoms with E-state index in [9.17, 15) is 0 Å². The summed E-state index contributed by atoms with van der Waals surface area (Å²) in [6.45, 7) is 13.7. The zero-order valence-electron chi connectivity index (χ0n) is 13.1. The lowest BCUT2D eigenvalue weighted by atomic mass is 9.87. The van der Waals surface area contributed by atoms with E-state index < -0.39 is 0 Å². The van der Waals surface area contributed by atoms with Gasteiger partial charge in [0.05, 0.1) is 13.2 Å². The van der Waals surface area contributed by atoms with E-state index in [-0.39, 0.29) is 5.41 Å². The number of hydrogen-bond acceptors (Lipinski definition) is 1. The summed E-state index contributed by atoms with van der Waals surface area (Å²) in [5.41, 5.74) is 3.98. The Morgan fingerprint density at radius 1 is 1.15 bits per heavy atom. The first-order valence-electron chi connectivity index (χ1n) is 7.05. The summed E-state index contributed by atoms with van der Waals surface area (Å²) in [5.74, 6) is 0. The van der Waals surface area contributed by atoms with Gasteiger partial charge in [-0.2, -0.15) is 0 Å². The van der Waals surface area contributed by atoms with Crippen molar-refractivity contribution in [3.8, 4) is 0 Å². The van der Waals surface area contributed by atoms with E-state index in [1.807, 2.05) is 18.2 Å². The molecule has 0 saturated heterocycles. The van der Waals surface area contributed by atoms with Crippen LogP contribution in [0.4, 0.5) is 0 Å². The van der Waals surface area contributed by atoms with Crippen molar-refractivity contribution in [3.05, 3.63) is 71.8 Å². The van der Waals surface area contributed by atoms with E-state index in [0.29, 0.717) is 13.2 Å². The molecule has 0 aliphatic carbocycles. The highest BCUT2D eigenvalue weighted by Gasteiger charge is 2.12. The fourth-order valence-corrected chi connectivity index (χ4v) is 1.78. The van der Waals surface area contributed by atoms with Crippen LogP contribution in [0.1, 0.15) is 38.8 Å². The monoisotopic (exact) mass is 270 g/mol. The maximum absolute atomic E-state index is 5.71. The quantitative estimate of drug-likeness (QED) is 0.646. The fraction of sp³-hybridized carbons (Fsp3) is 0.368. The van der Waals surface area contributed by atoms with Crippen LogP contribution < -0.4 is 0 Å². The molecule has 0 atom stereocenters. The van der Waals surface area contributed by atoms with Gasteiger partial charge >= 0.3 is 0 Å². The van der Waals surface area contributed by atoms with E-state index in [1.165, 1.54) is 16.7 Å². The van der Waals surface area contributed by atoms with Crippen molar-refractivity contribution in [3.63, 3.8) is 0 Å². The number of ether oxygens (including phenoxy) is 1. The summed E-state index contributed by atoms with van der Waals surface area (Å²) in [5, 5.41) is 0. The van der Waals surface area contributed by atoms with Gasteiger partial charge in [0.25, 0.3) is 0 Å². The Morgan fingerprint density at radius 3 is 2.35 bits per heavy atom. The summed E-state index contributed by atoms with van der Waals surface area (Å²) in [6, 6.07) is 8.68. The van der Waals surface area contributed by atoms with Gasteiger partial charge in [-0.1, -0.05) is 75.9 Å². The average Bonchev–Trinajstić information content (AvgIpc) is 2.38. The molecule has 0 aliphatic heterocycles. The molecule has 0 spiro atoms. The standard InChI is InChI=1S/C19H26O/c1-6-7-8-9-16(2)14-20-15-17-10-12-18(13-11-17)19(3,4)5/h6-13H,1,14-15H2,2-5H3/b8-7-,16-9+. The molecule has 108 valence electrons. The number of benzene rings is 1. The molecule has 0 heterocycles. The van der Waals surface area contributed by atoms with Crippen LogP contribution in [0.5, 0.6) is 0 Å². The van der Waals surface area contributed by atoms with Crippen LogP contribution in [0.15, 0.2) is 60.7 Å². The molecule has 0 aromatic heterocycles. The predicted molar refractivity (Wildman–Crippen MR) is 87.9 cm³/mol. The molecule has 1 aromatic carbocycles. The molecule has 0 bridgehead atoms. The summed E-state index contributed by atoms with van der Waals surface area (Å²) in [7, 11) is 0. The fourth-order valence-electron chi connectivity index (χ4n) is 1.78. The maximum atomic E-state index is 5.71. The van der Waals surface area contributed by atoms with Crippen molar-refractivity contribution < 1.29 is 4.74 Å². The summed E-state index contributed by atoms with van der Waals surface area (Å²) < 4.78 is 5.71. The van der Waals surface area contributed by atoms with Crippen molar-refractivity contribution >= 4 is 0 Å². The highest BCUT2D eigenvalue weighted by atomic mass is 16.5. The first-order valence-corrected chi connectivity index (χ1v) is 7.05. The van der Waals surface area contributed by atoms with Crippen LogP contribution in [0.2, 0.25) is 0 Å². The Bertz CT molecular complexity index is 469. The van der Waals surface area contributed by atoms with E-state index >= 15 is 0 Å². The maximum Gasteiger partial charge on any atom is 0.0721 e. The van der Waals surface area contributed by atoms with Crippen LogP contribution in [-0.2, 0) is 16.8 Å². The molecule has 0 N–H and O–H groups in total. The normalized spacial score (nSPS) is 12.9. The summed E-state index contributed by atoms with van der Waals surface area (Å²) in [4.78, 5) is 0. The number of hydrogen-bond donors (Lipinski definition) is 0. The van der Waals surface area contributed by atoms with Gasteiger partial charge in [0.1, 0.15) is 0 Å². The Hall–Kier alpha value is -1.60. The van der Waals surface area contributed by atoms with Gasteiger partial charge in [-0.05, 0) is 29.0 Å². The van der Waals surface area contributed by atoms with Gasteiger partial charge in [0.2, 0.25) is 0 Å². The second-order valence-electron chi connectivity index (χ2n) is 6.07. The molecule has 1 aromatic rings. The highest BCUT2D eigenvalue weighted by molar-refractivity contribution is 5.27. The molecule has 1 rings (SSSR count). The van der Waals surface area contributed by atoms with E-state index in [0.717, 1.165) is 0 Å². The molecule has 0 radical (unpaired) electrons. The van der Waals surface area contributed by atoms with Gasteiger partial charge < -0.3 is 4.74 Å². The van der Waals surface area contributed by atoms with Gasteiger partial charge in [-0.3, -0.25) is 0 Å². The third kappa shape index (κ3) is 6.03. The van der Waals surface area contributed by atoms with Gasteiger partial charge in [0.15, 0.2) is 0 Å². The molecule has 0 amide bonds. The van der Waals surface area contributed by atoms with Crippen LogP contribution in [0.25, 0.3) is 0 Å². The Labute approximate surface area is 123 Å². The van der Waals surface area contributed by atoms with Crippen molar-refractivity contribution in [2.45, 2.75) is 39.7 Å². The Kier molecular flexibility index (Phi) is 6.47. The molecular formula is C19H26O. The third-order valence-corrected chi connectivity index (χ3v) is 3.05. The van der Waals surface area contributed by atoms with Crippen LogP contribution >= 0.6 is 0 Å². The molecule has 1 nitrogen and oxygen atoms in total. The third-order valence-electron chi connectivity index (χ3n) is 3.05. The lowest BCUT2D eigenvalue weighted by molar-refractivity contribution is 0.142. The Morgan fingerprint density at radius 2 is 1.80 bits per heavy atom. The lowest BCUT2D eigenvalue weighted by Gasteiger charge is -2.19. The van der Waals surface area contributed by atoms with Crippen molar-refractivity contribution in [2.24, 2.45) is 0 Å². The molecule has 20 heavy (non-hydrogen) atoms. The minimum atomic E-state index is 0.205. The SMILES string of the molecule is C=C/C=C\C=C(/C)COCc1ccc(C(C)(C)C)cc1. The minimum Gasteiger partial charge on any atom is -0.372 e. The van der Waals surface area contributed by atoms with Gasteiger partial charge in [0, 0.05) is 0 Å². The van der Waals surface area contributed by atoms with Crippen molar-refractivity contribution in [1.82, 2.24) is 0 Å². The Balaban J connectivity index is 2.45. The topological polar surface area (TPSA) is 9.23 Å². The summed E-state index contributed by atoms with van der Waals surface area (Å²) in [6.07, 6.45) is 7.70. The second-order valence-corrected chi connectivity index (χ2v) is 6.07. The number of allylic oxidation sites excluding steroid dienone is 4. The molecular weight excluding hydrogens is 244 g/mol. The number of rotatable bonds is 6. The average molecular weight is 270 g/mol. The van der Waals surface area contributed by atoms with E-state index in [1.54, 1.807) is 6.08 Å². The van der Waals surface area contributed by atoms with E-state index in [4.69, 9.17) is 4.74 Å². The zero-order chi connectivity index (χ0) is 15.0. The van der Waals surface area contributed by atoms with Crippen LogP contribution in [0.3, 0.4) is 0 Å². The van der Waals surface area contributed by atoms with Crippen molar-refractivity contribution in [2.75, 3.05) is 6.61 Å². The van der Waals surface area contributed by atoms with E-state index in [2.05, 4.69) is 58.5 Å². The first-order chi connectivity index (χ1) is 9.43. The molecule has 0 fully saturated rings. The molecule has 1 heteroatoms. The largest absolute Gasteiger partial charge is 0.372 e. The smallest absolute Gasteiger partial charge is 0.0721 e. The van der Waals surface area contributed by atoms with Gasteiger partial charge in [-0.15, -0.1) is 0 Å². The lowest BCUT2D eigenvalue weighted by Crippen LogP contribution is -2.10. The van der Waals surface area contributed by atoms with Crippen molar-refractivity contribution in [1.29, 1.82) is 0 Å². The first kappa shape index (κ1) is 16.5.